The molecule has 0 unspecified atom stereocenters. The third-order valence-electron chi connectivity index (χ3n) is 4.74. The Morgan fingerprint density at radius 2 is 1.96 bits per heavy atom. The molecule has 0 spiro atoms. The molecule has 0 bridgehead atoms. The first kappa shape index (κ1) is 17.3. The molecule has 2 aromatic heterocycles. The van der Waals surface area contributed by atoms with E-state index in [2.05, 4.69) is 34.3 Å². The van der Waals surface area contributed by atoms with Crippen molar-refractivity contribution in [3.63, 3.8) is 0 Å². The van der Waals surface area contributed by atoms with Crippen LogP contribution in [0, 0.1) is 12.8 Å². The molecule has 3 aromatic rings. The number of rotatable bonds is 4. The van der Waals surface area contributed by atoms with Crippen molar-refractivity contribution in [3.8, 4) is 11.5 Å². The topological polar surface area (TPSA) is 89.1 Å². The fourth-order valence-corrected chi connectivity index (χ4v) is 3.26. The van der Waals surface area contributed by atoms with E-state index < -0.39 is 0 Å². The smallest absolute Gasteiger partial charge is 0.253 e. The highest BCUT2D eigenvalue weighted by Gasteiger charge is 2.22. The fourth-order valence-electron chi connectivity index (χ4n) is 3.26. The van der Waals surface area contributed by atoms with Crippen LogP contribution >= 0.6 is 0 Å². The van der Waals surface area contributed by atoms with E-state index in [4.69, 9.17) is 9.47 Å². The number of nitrogens with zero attached hydrogens (tertiary/aromatic N) is 2. The first-order valence-corrected chi connectivity index (χ1v) is 9.04. The molecule has 0 saturated heterocycles. The molecule has 7 nitrogen and oxygen atoms in total. The van der Waals surface area contributed by atoms with E-state index in [-0.39, 0.29) is 17.9 Å². The fraction of sp³-hybridized carbons (Fsp3) is 0.350. The van der Waals surface area contributed by atoms with Gasteiger partial charge in [-0.1, -0.05) is 19.9 Å². The van der Waals surface area contributed by atoms with Crippen LogP contribution < -0.4 is 14.8 Å². The zero-order chi connectivity index (χ0) is 19.0. The van der Waals surface area contributed by atoms with Gasteiger partial charge in [-0.05, 0) is 36.6 Å². The van der Waals surface area contributed by atoms with E-state index >= 15 is 0 Å². The van der Waals surface area contributed by atoms with Gasteiger partial charge in [-0.2, -0.15) is 5.10 Å². The van der Waals surface area contributed by atoms with Crippen LogP contribution in [-0.2, 0) is 0 Å². The average Bonchev–Trinajstić information content (AvgIpc) is 3.05. The molecule has 0 radical (unpaired) electrons. The quantitative estimate of drug-likeness (QED) is 0.740. The van der Waals surface area contributed by atoms with Crippen LogP contribution in [0.5, 0.6) is 11.5 Å². The lowest BCUT2D eigenvalue weighted by Gasteiger charge is -2.25. The summed E-state index contributed by atoms with van der Waals surface area (Å²) in [5, 5.41) is 11.0. The molecule has 1 aromatic carbocycles. The van der Waals surface area contributed by atoms with Crippen molar-refractivity contribution in [1.82, 2.24) is 20.5 Å². The Morgan fingerprint density at radius 1 is 1.19 bits per heavy atom. The SMILES string of the molecule is Cc1[nH]nc2ncc(C(=O)N[C@H](c3ccc4c(c3)OCCO4)C(C)C)cc12. The molecule has 1 atom stereocenters. The predicted octanol–water partition coefficient (Wildman–Crippen LogP) is 3.16. The Morgan fingerprint density at radius 3 is 2.74 bits per heavy atom. The second kappa shape index (κ2) is 6.90. The Hall–Kier alpha value is -3.09. The van der Waals surface area contributed by atoms with Crippen LogP contribution in [0.25, 0.3) is 11.0 Å². The van der Waals surface area contributed by atoms with Crippen molar-refractivity contribution < 1.29 is 14.3 Å². The number of fused-ring (bicyclic) bond motifs is 2. The first-order valence-electron chi connectivity index (χ1n) is 9.04. The van der Waals surface area contributed by atoms with E-state index in [1.165, 1.54) is 0 Å². The summed E-state index contributed by atoms with van der Waals surface area (Å²) in [6.45, 7) is 7.14. The first-order chi connectivity index (χ1) is 13.0. The number of hydrogen-bond acceptors (Lipinski definition) is 5. The molecule has 0 fully saturated rings. The number of pyridine rings is 1. The van der Waals surface area contributed by atoms with Gasteiger partial charge in [0.15, 0.2) is 17.1 Å². The molecule has 0 saturated carbocycles. The molecule has 1 aliphatic rings. The number of nitrogens with one attached hydrogen (secondary N) is 2. The van der Waals surface area contributed by atoms with Crippen molar-refractivity contribution in [2.45, 2.75) is 26.8 Å². The van der Waals surface area contributed by atoms with E-state index in [1.54, 1.807) is 6.20 Å². The summed E-state index contributed by atoms with van der Waals surface area (Å²) in [5.41, 5.74) is 2.99. The summed E-state index contributed by atoms with van der Waals surface area (Å²) in [5.74, 6) is 1.49. The third-order valence-corrected chi connectivity index (χ3v) is 4.74. The zero-order valence-corrected chi connectivity index (χ0v) is 15.6. The second-order valence-corrected chi connectivity index (χ2v) is 7.04. The minimum atomic E-state index is -0.168. The predicted molar refractivity (Wildman–Crippen MR) is 101 cm³/mol. The van der Waals surface area contributed by atoms with Crippen molar-refractivity contribution in [3.05, 3.63) is 47.3 Å². The molecular weight excluding hydrogens is 344 g/mol. The number of carbonyl (C=O) groups is 1. The van der Waals surface area contributed by atoms with Gasteiger partial charge in [0, 0.05) is 17.3 Å². The Bertz CT molecular complexity index is 996. The summed E-state index contributed by atoms with van der Waals surface area (Å²) in [6.07, 6.45) is 1.55. The number of aromatic nitrogens is 3. The van der Waals surface area contributed by atoms with Gasteiger partial charge >= 0.3 is 0 Å². The molecule has 4 rings (SSSR count). The highest BCUT2D eigenvalue weighted by atomic mass is 16.6. The number of ether oxygens (including phenoxy) is 2. The van der Waals surface area contributed by atoms with Crippen molar-refractivity contribution >= 4 is 16.9 Å². The summed E-state index contributed by atoms with van der Waals surface area (Å²) in [7, 11) is 0. The second-order valence-electron chi connectivity index (χ2n) is 7.04. The van der Waals surface area contributed by atoms with Crippen LogP contribution in [0.15, 0.2) is 30.5 Å². The maximum Gasteiger partial charge on any atom is 0.253 e. The van der Waals surface area contributed by atoms with Gasteiger partial charge in [0.2, 0.25) is 0 Å². The maximum atomic E-state index is 12.9. The molecule has 7 heteroatoms. The van der Waals surface area contributed by atoms with Crippen LogP contribution in [0.1, 0.15) is 41.5 Å². The van der Waals surface area contributed by atoms with Crippen LogP contribution in [0.2, 0.25) is 0 Å². The molecule has 1 aliphatic heterocycles. The lowest BCUT2D eigenvalue weighted by atomic mass is 9.95. The number of aromatic amines is 1. The van der Waals surface area contributed by atoms with E-state index in [0.29, 0.717) is 24.4 Å². The molecule has 140 valence electrons. The average molecular weight is 366 g/mol. The Labute approximate surface area is 157 Å². The lowest BCUT2D eigenvalue weighted by molar-refractivity contribution is 0.0925. The standard InChI is InChI=1S/C20H22N4O3/c1-11(2)18(13-4-5-16-17(9-13)27-7-6-26-16)22-20(25)14-8-15-12(3)23-24-19(15)21-10-14/h4-5,8-11,18H,6-7H2,1-3H3,(H,22,25)(H,21,23,24)/t18-/m0/s1. The van der Waals surface area contributed by atoms with Crippen molar-refractivity contribution in [1.29, 1.82) is 0 Å². The van der Waals surface area contributed by atoms with Gasteiger partial charge in [0.25, 0.3) is 5.91 Å². The number of hydrogen-bond donors (Lipinski definition) is 2. The lowest BCUT2D eigenvalue weighted by Crippen LogP contribution is -2.32. The maximum absolute atomic E-state index is 12.9. The van der Waals surface area contributed by atoms with Crippen LogP contribution in [-0.4, -0.2) is 34.3 Å². The minimum absolute atomic E-state index is 0.158. The highest BCUT2D eigenvalue weighted by molar-refractivity contribution is 5.97. The molecule has 3 heterocycles. The number of carbonyl (C=O) groups excluding carboxylic acids is 1. The Kier molecular flexibility index (Phi) is 4.43. The van der Waals surface area contributed by atoms with Crippen LogP contribution in [0.4, 0.5) is 0 Å². The summed E-state index contributed by atoms with van der Waals surface area (Å²) in [6, 6.07) is 7.47. The highest BCUT2D eigenvalue weighted by Crippen LogP contribution is 2.34. The van der Waals surface area contributed by atoms with E-state index in [0.717, 1.165) is 28.1 Å². The molecule has 0 aliphatic carbocycles. The minimum Gasteiger partial charge on any atom is -0.486 e. The number of aryl methyl sites for hydroxylation is 1. The van der Waals surface area contributed by atoms with Gasteiger partial charge < -0.3 is 14.8 Å². The normalized spacial score (nSPS) is 14.4. The summed E-state index contributed by atoms with van der Waals surface area (Å²) >= 11 is 0. The van der Waals surface area contributed by atoms with Gasteiger partial charge in [-0.25, -0.2) is 4.98 Å². The molecular formula is C20H22N4O3. The van der Waals surface area contributed by atoms with Crippen molar-refractivity contribution in [2.75, 3.05) is 13.2 Å². The molecule has 1 amide bonds. The number of benzene rings is 1. The monoisotopic (exact) mass is 366 g/mol. The summed E-state index contributed by atoms with van der Waals surface area (Å²) < 4.78 is 11.3. The van der Waals surface area contributed by atoms with E-state index in [1.807, 2.05) is 31.2 Å². The summed E-state index contributed by atoms with van der Waals surface area (Å²) in [4.78, 5) is 17.1. The Balaban J connectivity index is 1.60. The molecule has 27 heavy (non-hydrogen) atoms. The van der Waals surface area contributed by atoms with Gasteiger partial charge in [0.05, 0.1) is 11.6 Å². The van der Waals surface area contributed by atoms with E-state index in [9.17, 15) is 4.79 Å². The largest absolute Gasteiger partial charge is 0.486 e. The molecule has 2 N–H and O–H groups in total. The van der Waals surface area contributed by atoms with Gasteiger partial charge in [0.1, 0.15) is 13.2 Å². The van der Waals surface area contributed by atoms with Gasteiger partial charge in [-0.3, -0.25) is 9.89 Å². The number of amides is 1. The third kappa shape index (κ3) is 3.32. The van der Waals surface area contributed by atoms with Crippen molar-refractivity contribution in [2.24, 2.45) is 5.92 Å². The number of H-pyrrole nitrogens is 1. The zero-order valence-electron chi connectivity index (χ0n) is 15.6. The van der Waals surface area contributed by atoms with Crippen LogP contribution in [0.3, 0.4) is 0 Å². The van der Waals surface area contributed by atoms with Gasteiger partial charge in [-0.15, -0.1) is 0 Å².